The zero-order valence-electron chi connectivity index (χ0n) is 21.5. The third-order valence-electron chi connectivity index (χ3n) is 5.94. The highest BCUT2D eigenvalue weighted by Gasteiger charge is 2.28. The van der Waals surface area contributed by atoms with Gasteiger partial charge in [0.25, 0.3) is 0 Å². The van der Waals surface area contributed by atoms with Crippen molar-refractivity contribution in [2.75, 3.05) is 12.4 Å². The summed E-state index contributed by atoms with van der Waals surface area (Å²) in [6.45, 7) is 12.9. The fourth-order valence-electron chi connectivity index (χ4n) is 4.73. The number of hydrogen-bond donors (Lipinski definition) is 2. The maximum absolute atomic E-state index is 13.1. The second-order valence-corrected chi connectivity index (χ2v) is 11.3. The smallest absolute Gasteiger partial charge is 0.224 e. The van der Waals surface area contributed by atoms with Gasteiger partial charge in [-0.15, -0.1) is 0 Å². The van der Waals surface area contributed by atoms with Crippen molar-refractivity contribution in [3.05, 3.63) is 65.2 Å². The normalized spacial score (nSPS) is 16.9. The van der Waals surface area contributed by atoms with Crippen LogP contribution in [0.5, 0.6) is 5.75 Å². The summed E-state index contributed by atoms with van der Waals surface area (Å²) >= 11 is 0. The van der Waals surface area contributed by atoms with Gasteiger partial charge in [-0.1, -0.05) is 33.8 Å². The van der Waals surface area contributed by atoms with Gasteiger partial charge in [0.2, 0.25) is 5.91 Å². The van der Waals surface area contributed by atoms with E-state index >= 15 is 0 Å². The van der Waals surface area contributed by atoms with E-state index in [4.69, 9.17) is 4.74 Å². The van der Waals surface area contributed by atoms with Crippen molar-refractivity contribution in [2.45, 2.75) is 66.3 Å². The minimum absolute atomic E-state index is 0.00265. The molecule has 182 valence electrons. The molecule has 0 saturated heterocycles. The molecule has 1 atom stereocenters. The lowest BCUT2D eigenvalue weighted by molar-refractivity contribution is -0.117. The summed E-state index contributed by atoms with van der Waals surface area (Å²) < 4.78 is 5.39. The van der Waals surface area contributed by atoms with E-state index in [2.05, 4.69) is 58.2 Å². The fourth-order valence-corrected chi connectivity index (χ4v) is 4.73. The van der Waals surface area contributed by atoms with Gasteiger partial charge in [-0.05, 0) is 80.0 Å². The van der Waals surface area contributed by atoms with Gasteiger partial charge in [0, 0.05) is 40.5 Å². The molecule has 5 heteroatoms. The van der Waals surface area contributed by atoms with Crippen LogP contribution in [0.3, 0.4) is 0 Å². The third kappa shape index (κ3) is 6.96. The van der Waals surface area contributed by atoms with Crippen LogP contribution < -0.4 is 15.4 Å². The summed E-state index contributed by atoms with van der Waals surface area (Å²) in [5, 5.41) is 6.45. The number of carbonyl (C=O) groups excluding carboxylic acids is 2. The highest BCUT2D eigenvalue weighted by molar-refractivity contribution is 6.09. The summed E-state index contributed by atoms with van der Waals surface area (Å²) in [7, 11) is 1.64. The molecular weight excluding hydrogens is 424 g/mol. The number of hydrogen-bond acceptors (Lipinski definition) is 4. The molecule has 1 amide bonds. The summed E-state index contributed by atoms with van der Waals surface area (Å²) in [5.41, 5.74) is 4.27. The van der Waals surface area contributed by atoms with Crippen LogP contribution in [0.4, 0.5) is 5.69 Å². The van der Waals surface area contributed by atoms with E-state index in [1.807, 2.05) is 12.1 Å². The third-order valence-corrected chi connectivity index (χ3v) is 5.94. The second kappa shape index (κ2) is 10.0. The van der Waals surface area contributed by atoms with Crippen LogP contribution in [-0.2, 0) is 11.2 Å². The fraction of sp³-hybridized carbons (Fsp3) is 0.448. The van der Waals surface area contributed by atoms with E-state index in [-0.39, 0.29) is 22.6 Å². The van der Waals surface area contributed by atoms with Crippen molar-refractivity contribution in [3.63, 3.8) is 0 Å². The Morgan fingerprint density at radius 2 is 1.82 bits per heavy atom. The van der Waals surface area contributed by atoms with Crippen LogP contribution in [0.15, 0.2) is 48.5 Å². The molecule has 0 saturated carbocycles. The van der Waals surface area contributed by atoms with Crippen LogP contribution >= 0.6 is 0 Å². The first-order chi connectivity index (χ1) is 15.8. The summed E-state index contributed by atoms with van der Waals surface area (Å²) in [4.78, 5) is 25.5. The minimum Gasteiger partial charge on any atom is -0.497 e. The number of allylic oxidation sites excluding steroid dienone is 1. The van der Waals surface area contributed by atoms with Crippen LogP contribution in [0.1, 0.15) is 75.9 Å². The van der Waals surface area contributed by atoms with E-state index < -0.39 is 0 Å². The lowest BCUT2D eigenvalue weighted by Gasteiger charge is -2.35. The lowest BCUT2D eigenvalue weighted by atomic mass is 9.84. The summed E-state index contributed by atoms with van der Waals surface area (Å²) in [6, 6.07) is 13.1. The molecule has 2 aromatic rings. The molecule has 0 aromatic heterocycles. The zero-order chi connectivity index (χ0) is 25.1. The van der Waals surface area contributed by atoms with Gasteiger partial charge in [-0.3, -0.25) is 9.59 Å². The first kappa shape index (κ1) is 25.5. The van der Waals surface area contributed by atoms with Gasteiger partial charge in [0.05, 0.1) is 7.11 Å². The van der Waals surface area contributed by atoms with Crippen molar-refractivity contribution in [3.8, 4) is 5.75 Å². The second-order valence-electron chi connectivity index (χ2n) is 11.3. The molecule has 2 aromatic carbocycles. The summed E-state index contributed by atoms with van der Waals surface area (Å²) in [5.74, 6) is 0.972. The highest BCUT2D eigenvalue weighted by Crippen LogP contribution is 2.32. The van der Waals surface area contributed by atoms with Gasteiger partial charge in [0.1, 0.15) is 5.75 Å². The van der Waals surface area contributed by atoms with Gasteiger partial charge in [-0.25, -0.2) is 0 Å². The Morgan fingerprint density at radius 3 is 2.44 bits per heavy atom. The van der Waals surface area contributed by atoms with Crippen molar-refractivity contribution in [1.29, 1.82) is 0 Å². The van der Waals surface area contributed by atoms with Crippen LogP contribution in [-0.4, -0.2) is 24.3 Å². The predicted octanol–water partition coefficient (Wildman–Crippen LogP) is 6.24. The molecule has 34 heavy (non-hydrogen) atoms. The van der Waals surface area contributed by atoms with Crippen molar-refractivity contribution in [1.82, 2.24) is 5.32 Å². The van der Waals surface area contributed by atoms with E-state index in [1.54, 1.807) is 37.5 Å². The number of amides is 1. The Hall–Kier alpha value is -3.08. The molecule has 1 unspecified atom stereocenters. The number of rotatable bonds is 7. The first-order valence-electron chi connectivity index (χ1n) is 12.0. The summed E-state index contributed by atoms with van der Waals surface area (Å²) in [6.07, 6.45) is 3.98. The Kier molecular flexibility index (Phi) is 7.54. The topological polar surface area (TPSA) is 67.4 Å². The minimum atomic E-state index is -0.161. The molecule has 1 aliphatic rings. The molecule has 3 rings (SSSR count). The van der Waals surface area contributed by atoms with Crippen LogP contribution in [0.25, 0.3) is 5.70 Å². The maximum atomic E-state index is 13.1. The largest absolute Gasteiger partial charge is 0.497 e. The number of fused-ring (bicyclic) bond motifs is 1. The van der Waals surface area contributed by atoms with Crippen LogP contribution in [0.2, 0.25) is 0 Å². The molecule has 0 spiro atoms. The van der Waals surface area contributed by atoms with Gasteiger partial charge >= 0.3 is 0 Å². The number of nitrogens with one attached hydrogen (secondary N) is 2. The van der Waals surface area contributed by atoms with Crippen molar-refractivity contribution in [2.24, 2.45) is 11.3 Å². The Morgan fingerprint density at radius 1 is 1.15 bits per heavy atom. The van der Waals surface area contributed by atoms with E-state index in [0.29, 0.717) is 23.6 Å². The number of anilines is 1. The van der Waals surface area contributed by atoms with Crippen LogP contribution in [0, 0.1) is 11.3 Å². The molecule has 1 heterocycles. The number of benzene rings is 2. The monoisotopic (exact) mass is 462 g/mol. The average molecular weight is 463 g/mol. The van der Waals surface area contributed by atoms with Gasteiger partial charge in [0.15, 0.2) is 5.78 Å². The zero-order valence-corrected chi connectivity index (χ0v) is 21.5. The molecule has 0 bridgehead atoms. The number of ether oxygens (including phenoxy) is 1. The first-order valence-corrected chi connectivity index (χ1v) is 12.0. The average Bonchev–Trinajstić information content (AvgIpc) is 2.71. The van der Waals surface area contributed by atoms with E-state index in [9.17, 15) is 9.59 Å². The number of carbonyl (C=O) groups is 2. The van der Waals surface area contributed by atoms with Gasteiger partial charge < -0.3 is 15.4 Å². The maximum Gasteiger partial charge on any atom is 0.224 e. The van der Waals surface area contributed by atoms with E-state index in [1.165, 1.54) is 5.56 Å². The Balaban J connectivity index is 1.72. The van der Waals surface area contributed by atoms with E-state index in [0.717, 1.165) is 29.9 Å². The molecule has 2 N–H and O–H groups in total. The molecular formula is C29H38N2O3. The van der Waals surface area contributed by atoms with Crippen molar-refractivity contribution < 1.29 is 14.3 Å². The lowest BCUT2D eigenvalue weighted by Crippen LogP contribution is -2.43. The molecule has 1 aliphatic heterocycles. The number of methoxy groups -OCH3 is 1. The predicted molar refractivity (Wildman–Crippen MR) is 139 cm³/mol. The Bertz CT molecular complexity index is 1080. The molecule has 0 aliphatic carbocycles. The standard InChI is InChI=1S/C29H38N2O3/c1-19(17-28(2,3)4)14-27(33)30-22-11-8-20(9-12-22)26(32)16-25-24-15-23(34-7)13-10-21(24)18-29(5,6)31-25/h8-13,15-16,19,31H,14,17-18H2,1-7H3,(H,30,33)/b25-16-. The molecule has 0 radical (unpaired) electrons. The van der Waals surface area contributed by atoms with Crippen molar-refractivity contribution >= 4 is 23.1 Å². The van der Waals surface area contributed by atoms with Gasteiger partial charge in [-0.2, -0.15) is 0 Å². The highest BCUT2D eigenvalue weighted by atomic mass is 16.5. The molecule has 0 fully saturated rings. The quantitative estimate of drug-likeness (QED) is 0.377. The number of ketones is 1. The SMILES string of the molecule is COc1ccc2c(c1)/C(=C/C(=O)c1ccc(NC(=O)CC(C)CC(C)(C)C)cc1)NC(C)(C)C2. The molecule has 5 nitrogen and oxygen atoms in total. The Labute approximate surface area is 204 Å².